The minimum atomic E-state index is -0.893. The van der Waals surface area contributed by atoms with E-state index in [4.69, 9.17) is 19.9 Å². The van der Waals surface area contributed by atoms with Crippen LogP contribution in [0.5, 0.6) is 0 Å². The van der Waals surface area contributed by atoms with E-state index >= 15 is 0 Å². The van der Waals surface area contributed by atoms with Gasteiger partial charge in [0.1, 0.15) is 20.0 Å². The minimum absolute atomic E-state index is 0.116. The fourth-order valence-electron chi connectivity index (χ4n) is 5.63. The molecule has 0 radical (unpaired) electrons. The van der Waals surface area contributed by atoms with Crippen LogP contribution in [-0.4, -0.2) is 42.9 Å². The molecular formula is C35H44F2N2O4. The van der Waals surface area contributed by atoms with E-state index in [1.807, 2.05) is 67.6 Å². The Labute approximate surface area is 254 Å². The summed E-state index contributed by atoms with van der Waals surface area (Å²) in [6.45, 7) is 3.96. The standard InChI is InChI=1S/C35H44F2N2O4/c1-3-4-17-41-25-34(38)15-16-35(32-13-9-6-10-14-32,39(24-34)33(40)42-23-28-11-7-5-8-12-28)26-43-27(2)31-19-29(21-36)18-30(20-31)22-37/h5-14,18-20,27H,3-4,15-17,21-26,38H2,1-2H3/t27-,34?,35-/m1/s1. The molecule has 1 heterocycles. The van der Waals surface area contributed by atoms with Gasteiger partial charge in [0.05, 0.1) is 30.4 Å². The molecule has 8 heteroatoms. The van der Waals surface area contributed by atoms with E-state index in [-0.39, 0.29) is 19.8 Å². The summed E-state index contributed by atoms with van der Waals surface area (Å²) in [5, 5.41) is 0. The Hall–Kier alpha value is -3.33. The third-order valence-electron chi connectivity index (χ3n) is 8.22. The van der Waals surface area contributed by atoms with Crippen molar-refractivity contribution in [1.29, 1.82) is 0 Å². The third-order valence-corrected chi connectivity index (χ3v) is 8.22. The number of benzene rings is 3. The zero-order chi connectivity index (χ0) is 30.7. The van der Waals surface area contributed by atoms with Crippen LogP contribution in [-0.2, 0) is 39.7 Å². The number of hydrogen-bond donors (Lipinski definition) is 1. The maximum absolute atomic E-state index is 14.0. The molecule has 3 aromatic carbocycles. The van der Waals surface area contributed by atoms with Crippen molar-refractivity contribution in [3.05, 3.63) is 107 Å². The zero-order valence-electron chi connectivity index (χ0n) is 25.3. The lowest BCUT2D eigenvalue weighted by Gasteiger charge is -2.52. The molecule has 1 saturated heterocycles. The van der Waals surface area contributed by atoms with E-state index in [9.17, 15) is 13.6 Å². The first-order valence-corrected chi connectivity index (χ1v) is 15.1. The Bertz CT molecular complexity index is 1270. The lowest BCUT2D eigenvalue weighted by atomic mass is 9.75. The Morgan fingerprint density at radius 1 is 0.930 bits per heavy atom. The van der Waals surface area contributed by atoms with Gasteiger partial charge in [0, 0.05) is 13.2 Å². The van der Waals surface area contributed by atoms with Gasteiger partial charge in [0.25, 0.3) is 0 Å². The molecule has 0 aliphatic carbocycles. The molecule has 3 aromatic rings. The first-order valence-electron chi connectivity index (χ1n) is 15.1. The van der Waals surface area contributed by atoms with E-state index in [0.717, 1.165) is 24.0 Å². The lowest BCUT2D eigenvalue weighted by molar-refractivity contribution is -0.0795. The van der Waals surface area contributed by atoms with Crippen molar-refractivity contribution < 1.29 is 27.8 Å². The second-order valence-corrected chi connectivity index (χ2v) is 11.6. The molecule has 2 N–H and O–H groups in total. The molecule has 4 rings (SSSR count). The number of piperidine rings is 1. The number of carbonyl (C=O) groups excluding carboxylic acids is 1. The molecule has 1 unspecified atom stereocenters. The summed E-state index contributed by atoms with van der Waals surface area (Å²) in [6.07, 6.45) is 2.08. The van der Waals surface area contributed by atoms with Crippen LogP contribution in [0, 0.1) is 0 Å². The maximum atomic E-state index is 14.0. The predicted octanol–water partition coefficient (Wildman–Crippen LogP) is 7.55. The number of amides is 1. The summed E-state index contributed by atoms with van der Waals surface area (Å²) >= 11 is 0. The number of ether oxygens (including phenoxy) is 3. The number of unbranched alkanes of at least 4 members (excludes halogenated alkanes) is 1. The maximum Gasteiger partial charge on any atom is 0.410 e. The lowest BCUT2D eigenvalue weighted by Crippen LogP contribution is -2.66. The van der Waals surface area contributed by atoms with Gasteiger partial charge >= 0.3 is 6.09 Å². The highest BCUT2D eigenvalue weighted by Gasteiger charge is 2.51. The molecule has 1 aliphatic rings. The second-order valence-electron chi connectivity index (χ2n) is 11.6. The molecule has 0 saturated carbocycles. The van der Waals surface area contributed by atoms with E-state index in [1.165, 1.54) is 6.07 Å². The number of nitrogens with two attached hydrogens (primary N) is 1. The van der Waals surface area contributed by atoms with Crippen molar-refractivity contribution in [2.75, 3.05) is 26.4 Å². The Balaban J connectivity index is 1.65. The van der Waals surface area contributed by atoms with Crippen LogP contribution in [0.25, 0.3) is 0 Å². The molecule has 1 aliphatic heterocycles. The van der Waals surface area contributed by atoms with Crippen LogP contribution in [0.1, 0.15) is 73.5 Å². The van der Waals surface area contributed by atoms with Gasteiger partial charge in [-0.2, -0.15) is 0 Å². The zero-order valence-corrected chi connectivity index (χ0v) is 25.3. The Morgan fingerprint density at radius 3 is 2.21 bits per heavy atom. The SMILES string of the molecule is CCCCOCC1(N)CC[C@@](CO[C@H](C)c2cc(CF)cc(CF)c2)(c2ccccc2)N(C(=O)OCc2ccccc2)C1. The van der Waals surface area contributed by atoms with Crippen LogP contribution in [0.4, 0.5) is 13.6 Å². The summed E-state index contributed by atoms with van der Waals surface area (Å²) in [6, 6.07) is 24.2. The third kappa shape index (κ3) is 8.40. The largest absolute Gasteiger partial charge is 0.445 e. The number of alkyl halides is 2. The fourth-order valence-corrected chi connectivity index (χ4v) is 5.63. The van der Waals surface area contributed by atoms with Crippen molar-refractivity contribution in [3.8, 4) is 0 Å². The highest BCUT2D eigenvalue weighted by molar-refractivity contribution is 5.70. The normalized spacial score (nSPS) is 21.0. The summed E-state index contributed by atoms with van der Waals surface area (Å²) in [5.74, 6) is 0. The molecule has 232 valence electrons. The first-order chi connectivity index (χ1) is 20.8. The number of halogens is 2. The highest BCUT2D eigenvalue weighted by Crippen LogP contribution is 2.42. The van der Waals surface area contributed by atoms with Crippen molar-refractivity contribution in [3.63, 3.8) is 0 Å². The van der Waals surface area contributed by atoms with Crippen molar-refractivity contribution in [1.82, 2.24) is 4.90 Å². The number of hydrogen-bond acceptors (Lipinski definition) is 5. The van der Waals surface area contributed by atoms with Crippen molar-refractivity contribution in [2.24, 2.45) is 5.73 Å². The van der Waals surface area contributed by atoms with E-state index in [1.54, 1.807) is 17.0 Å². The van der Waals surface area contributed by atoms with Crippen LogP contribution in [0.3, 0.4) is 0 Å². The van der Waals surface area contributed by atoms with E-state index < -0.39 is 36.6 Å². The molecule has 43 heavy (non-hydrogen) atoms. The second kappa shape index (κ2) is 15.4. The van der Waals surface area contributed by atoms with Gasteiger partial charge < -0.3 is 19.9 Å². The van der Waals surface area contributed by atoms with Gasteiger partial charge in [-0.1, -0.05) is 92.2 Å². The monoisotopic (exact) mass is 594 g/mol. The Kier molecular flexibility index (Phi) is 11.7. The molecule has 3 atom stereocenters. The number of rotatable bonds is 14. The number of likely N-dealkylation sites (tertiary alicyclic amines) is 1. The number of nitrogens with zero attached hydrogens (tertiary/aromatic N) is 1. The molecule has 1 fully saturated rings. The van der Waals surface area contributed by atoms with Crippen molar-refractivity contribution >= 4 is 6.09 Å². The minimum Gasteiger partial charge on any atom is -0.445 e. The smallest absolute Gasteiger partial charge is 0.410 e. The topological polar surface area (TPSA) is 74.0 Å². The van der Waals surface area contributed by atoms with Crippen molar-refractivity contribution in [2.45, 2.75) is 76.7 Å². The summed E-state index contributed by atoms with van der Waals surface area (Å²) in [5.41, 5.74) is 8.49. The van der Waals surface area contributed by atoms with Gasteiger partial charge in [-0.15, -0.1) is 0 Å². The van der Waals surface area contributed by atoms with Gasteiger partial charge in [0.15, 0.2) is 0 Å². The Morgan fingerprint density at radius 2 is 1.58 bits per heavy atom. The molecule has 0 bridgehead atoms. The van der Waals surface area contributed by atoms with Crippen LogP contribution in [0.15, 0.2) is 78.9 Å². The van der Waals surface area contributed by atoms with Gasteiger partial charge in [-0.05, 0) is 54.0 Å². The number of carbonyl (C=O) groups is 1. The van der Waals surface area contributed by atoms with Crippen LogP contribution in [0.2, 0.25) is 0 Å². The van der Waals surface area contributed by atoms with E-state index in [0.29, 0.717) is 42.7 Å². The van der Waals surface area contributed by atoms with Gasteiger partial charge in [0.2, 0.25) is 0 Å². The van der Waals surface area contributed by atoms with Crippen LogP contribution < -0.4 is 5.73 Å². The predicted molar refractivity (Wildman–Crippen MR) is 164 cm³/mol. The van der Waals surface area contributed by atoms with Crippen LogP contribution >= 0.6 is 0 Å². The molecule has 6 nitrogen and oxygen atoms in total. The molecule has 1 amide bonds. The first kappa shape index (κ1) is 32.6. The molecule has 0 spiro atoms. The summed E-state index contributed by atoms with van der Waals surface area (Å²) in [4.78, 5) is 15.7. The van der Waals surface area contributed by atoms with Gasteiger partial charge in [-0.3, -0.25) is 4.90 Å². The van der Waals surface area contributed by atoms with E-state index in [2.05, 4.69) is 6.92 Å². The average molecular weight is 595 g/mol. The molecular weight excluding hydrogens is 550 g/mol. The molecule has 0 aromatic heterocycles. The van der Waals surface area contributed by atoms with Gasteiger partial charge in [-0.25, -0.2) is 13.6 Å². The summed E-state index contributed by atoms with van der Waals surface area (Å²) in [7, 11) is 0. The average Bonchev–Trinajstić information content (AvgIpc) is 3.05. The summed E-state index contributed by atoms with van der Waals surface area (Å²) < 4.78 is 45.4. The quantitative estimate of drug-likeness (QED) is 0.195. The fraction of sp³-hybridized carbons (Fsp3) is 0.457. The highest BCUT2D eigenvalue weighted by atomic mass is 19.1.